The summed E-state index contributed by atoms with van der Waals surface area (Å²) in [5.74, 6) is 0.258. The third kappa shape index (κ3) is 7.11. The van der Waals surface area contributed by atoms with Gasteiger partial charge in [0.2, 0.25) is 5.95 Å². The van der Waals surface area contributed by atoms with Gasteiger partial charge < -0.3 is 20.1 Å². The van der Waals surface area contributed by atoms with Crippen molar-refractivity contribution >= 4 is 23.0 Å². The second-order valence-electron chi connectivity index (χ2n) is 7.52. The number of aliphatic hydroxyl groups excluding tert-OH is 1. The minimum absolute atomic E-state index is 0.0467. The molecule has 1 aromatic carbocycles. The average Bonchev–Trinajstić information content (AvgIpc) is 3.09. The molecule has 0 radical (unpaired) electrons. The zero-order chi connectivity index (χ0) is 24.0. The Morgan fingerprint density at radius 3 is 2.61 bits per heavy atom. The van der Waals surface area contributed by atoms with Gasteiger partial charge in [0.15, 0.2) is 0 Å². The molecule has 0 fully saturated rings. The van der Waals surface area contributed by atoms with Crippen LogP contribution in [0.4, 0.5) is 24.8 Å². The highest BCUT2D eigenvalue weighted by Gasteiger charge is 2.31. The fourth-order valence-electron chi connectivity index (χ4n) is 2.97. The molecule has 11 heteroatoms. The summed E-state index contributed by atoms with van der Waals surface area (Å²) in [5, 5.41) is 12.5. The van der Waals surface area contributed by atoms with Crippen LogP contribution in [0.25, 0.3) is 10.7 Å². The van der Waals surface area contributed by atoms with Gasteiger partial charge in [0.25, 0.3) is 0 Å². The molecule has 0 spiro atoms. The van der Waals surface area contributed by atoms with Crippen molar-refractivity contribution in [3.05, 3.63) is 46.6 Å². The molecule has 3 rings (SSSR count). The first-order valence-corrected chi connectivity index (χ1v) is 11.2. The molecule has 2 N–H and O–H groups in total. The van der Waals surface area contributed by atoms with E-state index in [9.17, 15) is 13.2 Å². The molecule has 3 aromatic rings. The van der Waals surface area contributed by atoms with Gasteiger partial charge in [-0.1, -0.05) is 0 Å². The number of ether oxygens (including phenoxy) is 1. The summed E-state index contributed by atoms with van der Waals surface area (Å²) in [6.45, 7) is 5.34. The van der Waals surface area contributed by atoms with Gasteiger partial charge in [-0.05, 0) is 45.5 Å². The summed E-state index contributed by atoms with van der Waals surface area (Å²) in [7, 11) is 1.85. The average molecular weight is 482 g/mol. The third-order valence-corrected chi connectivity index (χ3v) is 5.92. The zero-order valence-corrected chi connectivity index (χ0v) is 19.4. The van der Waals surface area contributed by atoms with Gasteiger partial charge in [0.1, 0.15) is 16.5 Å². The molecule has 0 bridgehead atoms. The van der Waals surface area contributed by atoms with Crippen molar-refractivity contribution in [2.24, 2.45) is 0 Å². The van der Waals surface area contributed by atoms with E-state index in [0.29, 0.717) is 25.2 Å². The number of thiazole rings is 1. The number of nitrogens with one attached hydrogen (secondary N) is 1. The minimum atomic E-state index is -4.53. The van der Waals surface area contributed by atoms with Crippen LogP contribution >= 0.6 is 11.3 Å². The number of likely N-dealkylation sites (N-methyl/N-ethyl adjacent to an activating group) is 1. The van der Waals surface area contributed by atoms with Gasteiger partial charge in [-0.2, -0.15) is 13.2 Å². The first-order chi connectivity index (χ1) is 15.7. The van der Waals surface area contributed by atoms with E-state index < -0.39 is 11.7 Å². The summed E-state index contributed by atoms with van der Waals surface area (Å²) in [6, 6.07) is 5.16. The molecule has 0 saturated carbocycles. The molecular formula is C22H26F3N5O2S. The molecule has 178 valence electrons. The predicted molar refractivity (Wildman–Crippen MR) is 122 cm³/mol. The first kappa shape index (κ1) is 24.9. The highest BCUT2D eigenvalue weighted by molar-refractivity contribution is 7.15. The number of aliphatic hydroxyl groups is 1. The van der Waals surface area contributed by atoms with Crippen molar-refractivity contribution in [2.45, 2.75) is 26.4 Å². The largest absolute Gasteiger partial charge is 0.493 e. The van der Waals surface area contributed by atoms with E-state index in [2.05, 4.69) is 20.3 Å². The summed E-state index contributed by atoms with van der Waals surface area (Å²) in [4.78, 5) is 16.0. The minimum Gasteiger partial charge on any atom is -0.493 e. The second-order valence-corrected chi connectivity index (χ2v) is 8.73. The molecule has 0 aliphatic rings. The van der Waals surface area contributed by atoms with Gasteiger partial charge in [0, 0.05) is 35.9 Å². The Labute approximate surface area is 194 Å². The van der Waals surface area contributed by atoms with Crippen LogP contribution in [0.3, 0.4) is 0 Å². The van der Waals surface area contributed by atoms with E-state index in [0.717, 1.165) is 27.7 Å². The monoisotopic (exact) mass is 481 g/mol. The van der Waals surface area contributed by atoms with Gasteiger partial charge in [-0.25, -0.2) is 15.0 Å². The maximum atomic E-state index is 13.4. The number of nitrogens with zero attached hydrogens (tertiary/aromatic N) is 4. The molecule has 0 unspecified atom stereocenters. The van der Waals surface area contributed by atoms with E-state index in [1.54, 1.807) is 6.07 Å². The van der Waals surface area contributed by atoms with Crippen LogP contribution in [0, 0.1) is 13.8 Å². The lowest BCUT2D eigenvalue weighted by molar-refractivity contribution is -0.137. The van der Waals surface area contributed by atoms with Crippen LogP contribution < -0.4 is 10.1 Å². The summed E-state index contributed by atoms with van der Waals surface area (Å²) in [6.07, 6.45) is -2.40. The molecule has 7 nitrogen and oxygen atoms in total. The SMILES string of the molecule is Cc1nc(-c2ccnc(Nc3cc(OCCCN(C)CCO)cc(C(F)(F)F)c3)n2)sc1C. The number of alkyl halides is 3. The van der Waals surface area contributed by atoms with E-state index in [1.165, 1.54) is 23.6 Å². The number of aromatic nitrogens is 3. The number of aryl methyl sites for hydroxylation is 2. The van der Waals surface area contributed by atoms with Gasteiger partial charge in [0.05, 0.1) is 24.5 Å². The molecule has 0 aliphatic heterocycles. The fraction of sp³-hybridized carbons (Fsp3) is 0.409. The molecule has 0 atom stereocenters. The van der Waals surface area contributed by atoms with Crippen LogP contribution in [0.5, 0.6) is 5.75 Å². The number of anilines is 2. The number of halogens is 3. The molecule has 0 saturated heterocycles. The van der Waals surface area contributed by atoms with Crippen molar-refractivity contribution in [3.8, 4) is 16.5 Å². The Kier molecular flexibility index (Phi) is 8.22. The molecule has 33 heavy (non-hydrogen) atoms. The third-order valence-electron chi connectivity index (χ3n) is 4.83. The molecule has 2 heterocycles. The van der Waals surface area contributed by atoms with Crippen LogP contribution in [0.1, 0.15) is 22.6 Å². The van der Waals surface area contributed by atoms with Crippen molar-refractivity contribution in [1.82, 2.24) is 19.9 Å². The first-order valence-electron chi connectivity index (χ1n) is 10.3. The topological polar surface area (TPSA) is 83.4 Å². The van der Waals surface area contributed by atoms with E-state index >= 15 is 0 Å². The van der Waals surface area contributed by atoms with Gasteiger partial charge in [-0.3, -0.25) is 0 Å². The summed E-state index contributed by atoms with van der Waals surface area (Å²) >= 11 is 1.49. The van der Waals surface area contributed by atoms with Crippen molar-refractivity contribution in [3.63, 3.8) is 0 Å². The number of benzene rings is 1. The van der Waals surface area contributed by atoms with Crippen molar-refractivity contribution < 1.29 is 23.0 Å². The smallest absolute Gasteiger partial charge is 0.416 e. The van der Waals surface area contributed by atoms with E-state index in [4.69, 9.17) is 9.84 Å². The van der Waals surface area contributed by atoms with Crippen LogP contribution in [-0.2, 0) is 6.18 Å². The predicted octanol–water partition coefficient (Wildman–Crippen LogP) is 4.67. The standard InChI is InChI=1S/C22H26F3N5O2S/c1-14-15(2)33-20(27-14)19-5-6-26-21(29-19)28-17-11-16(22(23,24)25)12-18(13-17)32-10-4-7-30(3)8-9-31/h5-6,11-13,31H,4,7-10H2,1-3H3,(H,26,28,29). The molecule has 2 aromatic heterocycles. The van der Waals surface area contributed by atoms with Crippen molar-refractivity contribution in [1.29, 1.82) is 0 Å². The summed E-state index contributed by atoms with van der Waals surface area (Å²) in [5.41, 5.74) is 0.831. The zero-order valence-electron chi connectivity index (χ0n) is 18.6. The Morgan fingerprint density at radius 2 is 1.94 bits per heavy atom. The lowest BCUT2D eigenvalue weighted by Crippen LogP contribution is -2.24. The van der Waals surface area contributed by atoms with Crippen LogP contribution in [0.2, 0.25) is 0 Å². The Morgan fingerprint density at radius 1 is 1.15 bits per heavy atom. The maximum Gasteiger partial charge on any atom is 0.416 e. The molecule has 0 aliphatic carbocycles. The second kappa shape index (κ2) is 10.9. The lowest BCUT2D eigenvalue weighted by atomic mass is 10.2. The van der Waals surface area contributed by atoms with Crippen LogP contribution in [0.15, 0.2) is 30.5 Å². The number of rotatable bonds is 10. The summed E-state index contributed by atoms with van der Waals surface area (Å²) < 4.78 is 45.9. The van der Waals surface area contributed by atoms with E-state index in [1.807, 2.05) is 25.8 Å². The van der Waals surface area contributed by atoms with Crippen molar-refractivity contribution in [2.75, 3.05) is 38.7 Å². The Hall–Kier alpha value is -2.76. The van der Waals surface area contributed by atoms with Gasteiger partial charge in [-0.15, -0.1) is 11.3 Å². The lowest BCUT2D eigenvalue weighted by Gasteiger charge is -2.16. The Bertz CT molecular complexity index is 1050. The maximum absolute atomic E-state index is 13.4. The molecule has 0 amide bonds. The Balaban J connectivity index is 1.76. The molecular weight excluding hydrogens is 455 g/mol. The quantitative estimate of drug-likeness (QED) is 0.407. The van der Waals surface area contributed by atoms with Crippen LogP contribution in [-0.4, -0.2) is 58.3 Å². The highest BCUT2D eigenvalue weighted by Crippen LogP contribution is 2.35. The fourth-order valence-corrected chi connectivity index (χ4v) is 3.86. The highest BCUT2D eigenvalue weighted by atomic mass is 32.1. The van der Waals surface area contributed by atoms with Gasteiger partial charge >= 0.3 is 6.18 Å². The van der Waals surface area contributed by atoms with E-state index in [-0.39, 0.29) is 30.6 Å². The number of hydrogen-bond acceptors (Lipinski definition) is 8. The normalized spacial score (nSPS) is 11.8. The number of hydrogen-bond donors (Lipinski definition) is 2.